The normalized spacial score (nSPS) is 13.4. The molecule has 2 aromatic heterocycles. The number of aliphatic hydroxyl groups is 1. The van der Waals surface area contributed by atoms with Gasteiger partial charge in [-0.15, -0.1) is 24.0 Å². The van der Waals surface area contributed by atoms with Crippen LogP contribution in [0.1, 0.15) is 36.5 Å². The third kappa shape index (κ3) is 6.13. The van der Waals surface area contributed by atoms with Crippen LogP contribution in [0.2, 0.25) is 0 Å². The van der Waals surface area contributed by atoms with E-state index in [1.165, 1.54) is 0 Å². The number of pyridine rings is 1. The van der Waals surface area contributed by atoms with Crippen LogP contribution < -0.4 is 15.5 Å². The minimum atomic E-state index is -1.08. The molecule has 0 aliphatic heterocycles. The van der Waals surface area contributed by atoms with Crippen LogP contribution in [0.25, 0.3) is 10.9 Å². The van der Waals surface area contributed by atoms with Gasteiger partial charge in [0, 0.05) is 31.6 Å². The zero-order valence-corrected chi connectivity index (χ0v) is 22.0. The lowest BCUT2D eigenvalue weighted by Crippen LogP contribution is -2.44. The van der Waals surface area contributed by atoms with Gasteiger partial charge in [0.05, 0.1) is 18.6 Å². The third-order valence-corrected chi connectivity index (χ3v) is 5.22. The van der Waals surface area contributed by atoms with E-state index in [1.54, 1.807) is 6.92 Å². The van der Waals surface area contributed by atoms with Gasteiger partial charge in [0.2, 0.25) is 0 Å². The Morgan fingerprint density at radius 2 is 1.91 bits per heavy atom. The summed E-state index contributed by atoms with van der Waals surface area (Å²) in [6, 6.07) is 12.1. The molecular weight excluding hydrogens is 517 g/mol. The fourth-order valence-corrected chi connectivity index (χ4v) is 3.61. The van der Waals surface area contributed by atoms with Gasteiger partial charge in [-0.1, -0.05) is 18.2 Å². The smallest absolute Gasteiger partial charge is 0.191 e. The van der Waals surface area contributed by atoms with E-state index in [2.05, 4.69) is 22.8 Å². The van der Waals surface area contributed by atoms with Crippen LogP contribution in [0.15, 0.2) is 45.8 Å². The van der Waals surface area contributed by atoms with Gasteiger partial charge < -0.3 is 25.1 Å². The van der Waals surface area contributed by atoms with Gasteiger partial charge in [-0.05, 0) is 51.5 Å². The van der Waals surface area contributed by atoms with Crippen molar-refractivity contribution in [1.29, 1.82) is 0 Å². The van der Waals surface area contributed by atoms with Crippen molar-refractivity contribution in [2.45, 2.75) is 39.8 Å². The zero-order chi connectivity index (χ0) is 22.6. The van der Waals surface area contributed by atoms with Crippen molar-refractivity contribution in [1.82, 2.24) is 15.6 Å². The number of furan rings is 1. The molecule has 0 radical (unpaired) electrons. The molecule has 1 unspecified atom stereocenters. The molecule has 174 valence electrons. The molecule has 0 fully saturated rings. The summed E-state index contributed by atoms with van der Waals surface area (Å²) in [5.41, 5.74) is 1.74. The highest BCUT2D eigenvalue weighted by Gasteiger charge is 2.27. The number of aromatic nitrogens is 1. The molecule has 0 saturated heterocycles. The molecule has 0 spiro atoms. The Kier molecular flexibility index (Phi) is 8.91. The van der Waals surface area contributed by atoms with E-state index in [0.29, 0.717) is 19.0 Å². The molecule has 0 amide bonds. The van der Waals surface area contributed by atoms with Crippen LogP contribution in [0.4, 0.5) is 5.82 Å². The average Bonchev–Trinajstić information content (AvgIpc) is 3.08. The molecule has 0 saturated carbocycles. The fourth-order valence-electron chi connectivity index (χ4n) is 3.61. The topological polar surface area (TPSA) is 85.9 Å². The summed E-state index contributed by atoms with van der Waals surface area (Å²) >= 11 is 0. The summed E-state index contributed by atoms with van der Waals surface area (Å²) in [6.07, 6.45) is 0. The third-order valence-electron chi connectivity index (χ3n) is 5.22. The Labute approximate surface area is 207 Å². The van der Waals surface area contributed by atoms with E-state index in [4.69, 9.17) is 14.4 Å². The highest BCUT2D eigenvalue weighted by Crippen LogP contribution is 2.26. The van der Waals surface area contributed by atoms with Gasteiger partial charge in [0.25, 0.3) is 0 Å². The van der Waals surface area contributed by atoms with Crippen molar-refractivity contribution < 1.29 is 9.52 Å². The van der Waals surface area contributed by atoms with Gasteiger partial charge in [0.15, 0.2) is 5.96 Å². The monoisotopic (exact) mass is 551 g/mol. The number of guanidine groups is 1. The molecule has 3 N–H and O–H groups in total. The Hall–Kier alpha value is -2.33. The summed E-state index contributed by atoms with van der Waals surface area (Å²) in [5, 5.41) is 18.6. The van der Waals surface area contributed by atoms with Gasteiger partial charge in [-0.25, -0.2) is 9.98 Å². The lowest BCUT2D eigenvalue weighted by molar-refractivity contribution is 0.0601. The predicted molar refractivity (Wildman–Crippen MR) is 142 cm³/mol. The Morgan fingerprint density at radius 3 is 2.53 bits per heavy atom. The van der Waals surface area contributed by atoms with Crippen LogP contribution in [-0.4, -0.2) is 43.2 Å². The molecule has 7 nitrogen and oxygen atoms in total. The molecule has 2 heterocycles. The lowest BCUT2D eigenvalue weighted by atomic mass is 9.96. The number of hydrogen-bond donors (Lipinski definition) is 3. The molecule has 3 aromatic rings. The first kappa shape index (κ1) is 25.9. The minimum absolute atomic E-state index is 0. The summed E-state index contributed by atoms with van der Waals surface area (Å²) in [5.74, 6) is 3.06. The van der Waals surface area contributed by atoms with Crippen molar-refractivity contribution in [2.24, 2.45) is 4.99 Å². The summed E-state index contributed by atoms with van der Waals surface area (Å²) in [4.78, 5) is 11.5. The van der Waals surface area contributed by atoms with E-state index in [-0.39, 0.29) is 24.0 Å². The Bertz CT molecular complexity index is 1080. The van der Waals surface area contributed by atoms with Crippen LogP contribution in [-0.2, 0) is 12.1 Å². The fraction of sp³-hybridized carbons (Fsp3) is 0.417. The van der Waals surface area contributed by atoms with E-state index in [9.17, 15) is 5.11 Å². The SMILES string of the molecule is CCNC(=NCc1cc(N(C)C)nc2ccccc12)NCC(C)(O)c1cc(C)oc1C.I. The van der Waals surface area contributed by atoms with Gasteiger partial charge in [-0.2, -0.15) is 0 Å². The van der Waals surface area contributed by atoms with Crippen molar-refractivity contribution in [3.8, 4) is 0 Å². The number of para-hydroxylation sites is 1. The largest absolute Gasteiger partial charge is 0.466 e. The number of halogens is 1. The van der Waals surface area contributed by atoms with Crippen LogP contribution in [0, 0.1) is 13.8 Å². The van der Waals surface area contributed by atoms with Crippen molar-refractivity contribution in [3.63, 3.8) is 0 Å². The molecule has 8 heteroatoms. The minimum Gasteiger partial charge on any atom is -0.466 e. The second kappa shape index (κ2) is 11.0. The lowest BCUT2D eigenvalue weighted by Gasteiger charge is -2.24. The number of anilines is 1. The maximum Gasteiger partial charge on any atom is 0.191 e. The number of aliphatic imine (C=N–C) groups is 1. The quantitative estimate of drug-likeness (QED) is 0.233. The molecule has 0 bridgehead atoms. The molecule has 0 aliphatic rings. The summed E-state index contributed by atoms with van der Waals surface area (Å²) in [7, 11) is 3.97. The van der Waals surface area contributed by atoms with Crippen LogP contribution in [0.3, 0.4) is 0 Å². The standard InChI is InChI=1S/C24H33N5O2.HI/c1-7-25-23(27-15-24(4,30)20-12-16(2)31-17(20)3)26-14-18-13-22(29(5)6)28-21-11-9-8-10-19(18)21;/h8-13,30H,7,14-15H2,1-6H3,(H2,25,26,27);1H. The number of rotatable bonds is 7. The van der Waals surface area contributed by atoms with Crippen molar-refractivity contribution in [2.75, 3.05) is 32.1 Å². The number of hydrogen-bond acceptors (Lipinski definition) is 5. The van der Waals surface area contributed by atoms with E-state index in [0.717, 1.165) is 45.9 Å². The average molecular weight is 551 g/mol. The first-order chi connectivity index (χ1) is 14.7. The second-order valence-corrected chi connectivity index (χ2v) is 8.20. The number of nitrogens with one attached hydrogen (secondary N) is 2. The van der Waals surface area contributed by atoms with E-state index in [1.807, 2.05) is 64.0 Å². The summed E-state index contributed by atoms with van der Waals surface area (Å²) < 4.78 is 5.59. The first-order valence-corrected chi connectivity index (χ1v) is 10.6. The van der Waals surface area contributed by atoms with Gasteiger partial charge in [-0.3, -0.25) is 0 Å². The maximum atomic E-state index is 11.0. The number of benzene rings is 1. The van der Waals surface area contributed by atoms with Crippen molar-refractivity contribution in [3.05, 3.63) is 59.0 Å². The summed E-state index contributed by atoms with van der Waals surface area (Å²) in [6.45, 7) is 9.06. The number of fused-ring (bicyclic) bond motifs is 1. The van der Waals surface area contributed by atoms with Crippen LogP contribution >= 0.6 is 24.0 Å². The van der Waals surface area contributed by atoms with E-state index < -0.39 is 5.60 Å². The molecular formula is C24H34IN5O2. The zero-order valence-electron chi connectivity index (χ0n) is 19.7. The first-order valence-electron chi connectivity index (χ1n) is 10.6. The molecule has 32 heavy (non-hydrogen) atoms. The Balaban J connectivity index is 0.00000363. The van der Waals surface area contributed by atoms with Crippen molar-refractivity contribution >= 4 is 46.7 Å². The second-order valence-electron chi connectivity index (χ2n) is 8.20. The predicted octanol–water partition coefficient (Wildman–Crippen LogP) is 4.09. The van der Waals surface area contributed by atoms with Gasteiger partial charge in [0.1, 0.15) is 22.9 Å². The molecule has 3 rings (SSSR count). The molecule has 1 atom stereocenters. The van der Waals surface area contributed by atoms with Crippen LogP contribution in [0.5, 0.6) is 0 Å². The number of nitrogens with zero attached hydrogens (tertiary/aromatic N) is 3. The highest BCUT2D eigenvalue weighted by molar-refractivity contribution is 14.0. The van der Waals surface area contributed by atoms with E-state index >= 15 is 0 Å². The highest BCUT2D eigenvalue weighted by atomic mass is 127. The number of aryl methyl sites for hydroxylation is 2. The molecule has 1 aromatic carbocycles. The Morgan fingerprint density at radius 1 is 1.19 bits per heavy atom. The van der Waals surface area contributed by atoms with Gasteiger partial charge >= 0.3 is 0 Å². The maximum absolute atomic E-state index is 11.0. The molecule has 0 aliphatic carbocycles.